The summed E-state index contributed by atoms with van der Waals surface area (Å²) in [6.45, 7) is 2.28. The van der Waals surface area contributed by atoms with Gasteiger partial charge in [-0.1, -0.05) is 62.2 Å². The molecule has 0 amide bonds. The summed E-state index contributed by atoms with van der Waals surface area (Å²) in [5.74, 6) is 3.25. The minimum Gasteiger partial charge on any atom is -0.485 e. The van der Waals surface area contributed by atoms with Crippen LogP contribution >= 0.6 is 0 Å². The number of benzene rings is 2. The topological polar surface area (TPSA) is 66.0 Å². The van der Waals surface area contributed by atoms with Crippen LogP contribution in [0.2, 0.25) is 0 Å². The second kappa shape index (κ2) is 9.96. The van der Waals surface area contributed by atoms with Crippen LogP contribution in [0.3, 0.4) is 0 Å². The number of hydrogen-bond acceptors (Lipinski definition) is 4. The van der Waals surface area contributed by atoms with Gasteiger partial charge in [0.15, 0.2) is 0 Å². The number of anilines is 1. The van der Waals surface area contributed by atoms with E-state index < -0.39 is 0 Å². The smallest absolute Gasteiger partial charge is 0.146 e. The molecule has 1 atom stereocenters. The third-order valence-corrected chi connectivity index (χ3v) is 8.07. The van der Waals surface area contributed by atoms with Crippen LogP contribution in [0.1, 0.15) is 81.6 Å². The maximum atomic E-state index is 6.52. The fraction of sp³-hybridized carbons (Fsp3) is 0.387. The quantitative estimate of drug-likeness (QED) is 0.309. The Bertz CT molecular complexity index is 1340. The summed E-state index contributed by atoms with van der Waals surface area (Å²) in [6.07, 6.45) is 14.6. The van der Waals surface area contributed by atoms with Crippen molar-refractivity contribution in [2.24, 2.45) is 0 Å². The van der Waals surface area contributed by atoms with E-state index in [-0.39, 0.29) is 6.10 Å². The number of nitrogens with two attached hydrogens (primary N) is 1. The van der Waals surface area contributed by atoms with Crippen molar-refractivity contribution in [3.8, 4) is 16.9 Å². The molecule has 0 spiro atoms. The molecular formula is C31H35N4O. The van der Waals surface area contributed by atoms with Crippen molar-refractivity contribution >= 4 is 16.9 Å². The second-order valence-corrected chi connectivity index (χ2v) is 10.4. The summed E-state index contributed by atoms with van der Waals surface area (Å²) in [5.41, 5.74) is 12.1. The number of aromatic nitrogens is 3. The number of nitrogens with zero attached hydrogens (tertiary/aromatic N) is 3. The van der Waals surface area contributed by atoms with Gasteiger partial charge in [0.2, 0.25) is 0 Å². The molecule has 2 aromatic carbocycles. The molecule has 1 aliphatic heterocycles. The van der Waals surface area contributed by atoms with Crippen LogP contribution in [-0.4, -0.2) is 14.5 Å². The third-order valence-electron chi connectivity index (χ3n) is 8.07. The number of aryl methyl sites for hydroxylation is 1. The van der Waals surface area contributed by atoms with Crippen molar-refractivity contribution in [2.75, 3.05) is 5.73 Å². The Morgan fingerprint density at radius 3 is 2.64 bits per heavy atom. The largest absolute Gasteiger partial charge is 0.485 e. The van der Waals surface area contributed by atoms with Gasteiger partial charge in [0, 0.05) is 17.8 Å². The highest BCUT2D eigenvalue weighted by Gasteiger charge is 2.27. The van der Waals surface area contributed by atoms with Gasteiger partial charge in [0.1, 0.15) is 29.6 Å². The standard InChI is InChI=1S/C31H35N4O/c1-2-3-7-21-10-15-25(16-11-21)35-19-26(29-30(32)33-20-34-31(29)35)24-13-12-23-14-17-27(36-28(23)18-24)22-8-5-4-6-9-22/h4-6,8-9,12-13,18-20,25,27H,2-3,7,10-11,14-17H2,1H3,(H2,32,33,34). The van der Waals surface area contributed by atoms with Crippen LogP contribution in [-0.2, 0) is 6.42 Å². The molecule has 1 saturated carbocycles. The van der Waals surface area contributed by atoms with Gasteiger partial charge in [0.25, 0.3) is 0 Å². The van der Waals surface area contributed by atoms with Gasteiger partial charge in [0.05, 0.1) is 5.39 Å². The van der Waals surface area contributed by atoms with Crippen LogP contribution in [0, 0.1) is 5.92 Å². The van der Waals surface area contributed by atoms with Crippen molar-refractivity contribution in [3.63, 3.8) is 0 Å². The predicted molar refractivity (Wildman–Crippen MR) is 146 cm³/mol. The van der Waals surface area contributed by atoms with Crippen LogP contribution in [0.15, 0.2) is 61.1 Å². The van der Waals surface area contributed by atoms with Crippen molar-refractivity contribution in [3.05, 3.63) is 78.1 Å². The van der Waals surface area contributed by atoms with Crippen molar-refractivity contribution in [2.45, 2.75) is 76.9 Å². The summed E-state index contributed by atoms with van der Waals surface area (Å²) in [4.78, 5) is 9.06. The summed E-state index contributed by atoms with van der Waals surface area (Å²) in [6, 6.07) is 17.6. The molecule has 0 bridgehead atoms. The molecular weight excluding hydrogens is 444 g/mol. The first-order valence-corrected chi connectivity index (χ1v) is 13.5. The Labute approximate surface area is 213 Å². The molecule has 6 rings (SSSR count). The normalized spacial score (nSPS) is 18.8. The zero-order chi connectivity index (χ0) is 24.5. The van der Waals surface area contributed by atoms with Gasteiger partial charge in [-0.3, -0.25) is 0 Å². The van der Waals surface area contributed by atoms with E-state index in [0.29, 0.717) is 11.9 Å². The molecule has 1 aliphatic carbocycles. The minimum absolute atomic E-state index is 0.0871. The molecule has 3 heterocycles. The first-order chi connectivity index (χ1) is 17.7. The number of fused-ring (bicyclic) bond motifs is 2. The fourth-order valence-corrected chi connectivity index (χ4v) is 6.01. The van der Waals surface area contributed by atoms with Crippen LogP contribution in [0.5, 0.6) is 5.75 Å². The Morgan fingerprint density at radius 2 is 1.83 bits per heavy atom. The fourth-order valence-electron chi connectivity index (χ4n) is 6.01. The van der Waals surface area contributed by atoms with Gasteiger partial charge in [-0.05, 0) is 73.6 Å². The van der Waals surface area contributed by atoms with Crippen LogP contribution in [0.4, 0.5) is 5.82 Å². The molecule has 1 radical (unpaired) electrons. The van der Waals surface area contributed by atoms with E-state index in [1.807, 2.05) is 0 Å². The van der Waals surface area contributed by atoms with Gasteiger partial charge in [-0.15, -0.1) is 0 Å². The molecule has 185 valence electrons. The molecule has 36 heavy (non-hydrogen) atoms. The van der Waals surface area contributed by atoms with E-state index in [0.717, 1.165) is 53.6 Å². The molecule has 0 saturated heterocycles. The summed E-state index contributed by atoms with van der Waals surface area (Å²) >= 11 is 0. The lowest BCUT2D eigenvalue weighted by molar-refractivity contribution is 0.177. The molecule has 5 heteroatoms. The summed E-state index contributed by atoms with van der Waals surface area (Å²) in [5, 5.41) is 0.952. The van der Waals surface area contributed by atoms with Gasteiger partial charge in [-0.2, -0.15) is 0 Å². The lowest BCUT2D eigenvalue weighted by atomic mass is 9.83. The zero-order valence-corrected chi connectivity index (χ0v) is 21.1. The average molecular weight is 480 g/mol. The average Bonchev–Trinajstić information content (AvgIpc) is 3.33. The molecule has 1 fully saturated rings. The number of ether oxygens (including phenoxy) is 1. The van der Waals surface area contributed by atoms with Crippen LogP contribution < -0.4 is 10.5 Å². The zero-order valence-electron chi connectivity index (χ0n) is 21.1. The number of rotatable bonds is 6. The molecule has 4 aromatic rings. The first kappa shape index (κ1) is 23.1. The van der Waals surface area contributed by atoms with E-state index in [2.05, 4.69) is 71.2 Å². The molecule has 2 aliphatic rings. The van der Waals surface area contributed by atoms with Gasteiger partial charge < -0.3 is 15.0 Å². The maximum absolute atomic E-state index is 6.52. The molecule has 2 aromatic heterocycles. The van der Waals surface area contributed by atoms with Crippen molar-refractivity contribution < 1.29 is 4.74 Å². The van der Waals surface area contributed by atoms with E-state index in [9.17, 15) is 0 Å². The third kappa shape index (κ3) is 4.36. The SMILES string of the molecule is CCCC[C]1CCC(n2cc(-c3ccc4c(c3)OC(c3ccccc3)CC4)c3c(N)ncnc32)CC1. The molecule has 5 nitrogen and oxygen atoms in total. The maximum Gasteiger partial charge on any atom is 0.146 e. The van der Waals surface area contributed by atoms with Crippen molar-refractivity contribution in [1.29, 1.82) is 0 Å². The van der Waals surface area contributed by atoms with E-state index in [4.69, 9.17) is 15.5 Å². The number of unbranched alkanes of at least 4 members (excludes halogenated alkanes) is 1. The highest BCUT2D eigenvalue weighted by Crippen LogP contribution is 2.43. The van der Waals surface area contributed by atoms with Crippen molar-refractivity contribution in [1.82, 2.24) is 14.5 Å². The Kier molecular flexibility index (Phi) is 6.39. The second-order valence-electron chi connectivity index (χ2n) is 10.4. The summed E-state index contributed by atoms with van der Waals surface area (Å²) in [7, 11) is 0. The van der Waals surface area contributed by atoms with Gasteiger partial charge >= 0.3 is 0 Å². The molecule has 1 unspecified atom stereocenters. The van der Waals surface area contributed by atoms with E-state index in [1.165, 1.54) is 43.2 Å². The highest BCUT2D eigenvalue weighted by molar-refractivity contribution is 6.00. The number of nitrogen functional groups attached to an aromatic ring is 1. The Balaban J connectivity index is 1.33. The first-order valence-electron chi connectivity index (χ1n) is 13.5. The lowest BCUT2D eigenvalue weighted by Gasteiger charge is -2.29. The van der Waals surface area contributed by atoms with Gasteiger partial charge in [-0.25, -0.2) is 9.97 Å². The lowest BCUT2D eigenvalue weighted by Crippen LogP contribution is -2.17. The van der Waals surface area contributed by atoms with E-state index >= 15 is 0 Å². The number of hydrogen-bond donors (Lipinski definition) is 1. The van der Waals surface area contributed by atoms with E-state index in [1.54, 1.807) is 12.2 Å². The predicted octanol–water partition coefficient (Wildman–Crippen LogP) is 7.63. The Morgan fingerprint density at radius 1 is 1.00 bits per heavy atom. The monoisotopic (exact) mass is 479 g/mol. The Hall–Kier alpha value is -3.34. The molecule has 2 N–H and O–H groups in total. The minimum atomic E-state index is 0.0871. The highest BCUT2D eigenvalue weighted by atomic mass is 16.5. The summed E-state index contributed by atoms with van der Waals surface area (Å²) < 4.78 is 8.88. The van der Waals surface area contributed by atoms with Crippen LogP contribution in [0.25, 0.3) is 22.2 Å².